The summed E-state index contributed by atoms with van der Waals surface area (Å²) in [5.41, 5.74) is 5.66. The third-order valence-corrected chi connectivity index (χ3v) is 6.60. The van der Waals surface area contributed by atoms with Crippen LogP contribution < -0.4 is 0 Å². The minimum atomic E-state index is 0.741. The van der Waals surface area contributed by atoms with Gasteiger partial charge >= 0.3 is 0 Å². The van der Waals surface area contributed by atoms with Crippen LogP contribution in [0.4, 0.5) is 0 Å². The van der Waals surface area contributed by atoms with E-state index in [0.717, 1.165) is 55.0 Å². The number of hydrogen-bond donors (Lipinski definition) is 0. The van der Waals surface area contributed by atoms with Gasteiger partial charge in [0.1, 0.15) is 0 Å². The number of fused-ring (bicyclic) bond motifs is 1. The molecule has 1 aliphatic rings. The van der Waals surface area contributed by atoms with Gasteiger partial charge in [0.05, 0.1) is 11.9 Å². The molecule has 33 heavy (non-hydrogen) atoms. The fraction of sp³-hybridized carbons (Fsp3) is 0.444. The molecule has 5 rings (SSSR count). The SMILES string of the molecule is CCCCn1cc(-c2cccc3nc(Cc4ccc(CCCN5CCCC5)cc4)nn23)cn1. The van der Waals surface area contributed by atoms with Gasteiger partial charge in [0, 0.05) is 24.7 Å². The van der Waals surface area contributed by atoms with E-state index in [1.807, 2.05) is 27.5 Å². The molecule has 0 aliphatic carbocycles. The normalized spacial score (nSPS) is 14.5. The molecule has 0 amide bonds. The molecule has 0 unspecified atom stereocenters. The van der Waals surface area contributed by atoms with Gasteiger partial charge in [0.25, 0.3) is 0 Å². The highest BCUT2D eigenvalue weighted by molar-refractivity contribution is 5.61. The van der Waals surface area contributed by atoms with Crippen molar-refractivity contribution in [3.8, 4) is 11.3 Å². The number of aromatic nitrogens is 5. The second-order valence-electron chi connectivity index (χ2n) is 9.20. The lowest BCUT2D eigenvalue weighted by Crippen LogP contribution is -2.20. The minimum absolute atomic E-state index is 0.741. The molecule has 0 bridgehead atoms. The summed E-state index contributed by atoms with van der Waals surface area (Å²) < 4.78 is 3.96. The average Bonchev–Trinajstić information content (AvgIpc) is 3.59. The first-order valence-corrected chi connectivity index (χ1v) is 12.5. The molecular formula is C27H34N6. The average molecular weight is 443 g/mol. The molecule has 0 spiro atoms. The molecule has 6 heteroatoms. The molecule has 1 aromatic carbocycles. The Morgan fingerprint density at radius 2 is 1.73 bits per heavy atom. The van der Waals surface area contributed by atoms with Gasteiger partial charge in [-0.2, -0.15) is 10.2 Å². The van der Waals surface area contributed by atoms with Crippen LogP contribution in [0.25, 0.3) is 16.9 Å². The monoisotopic (exact) mass is 442 g/mol. The Morgan fingerprint density at radius 1 is 0.909 bits per heavy atom. The molecule has 0 saturated carbocycles. The second kappa shape index (κ2) is 10.3. The number of likely N-dealkylation sites (tertiary alicyclic amines) is 1. The maximum Gasteiger partial charge on any atom is 0.156 e. The van der Waals surface area contributed by atoms with Gasteiger partial charge in [-0.15, -0.1) is 0 Å². The van der Waals surface area contributed by atoms with E-state index in [1.54, 1.807) is 0 Å². The van der Waals surface area contributed by atoms with Crippen LogP contribution in [0.15, 0.2) is 54.9 Å². The largest absolute Gasteiger partial charge is 0.303 e. The van der Waals surface area contributed by atoms with Crippen molar-refractivity contribution >= 4 is 5.65 Å². The molecule has 3 aromatic heterocycles. The third-order valence-electron chi connectivity index (χ3n) is 6.60. The Balaban J connectivity index is 1.25. The summed E-state index contributed by atoms with van der Waals surface area (Å²) in [6.45, 7) is 6.95. The van der Waals surface area contributed by atoms with Gasteiger partial charge in [-0.05, 0) is 75.0 Å². The number of aryl methyl sites for hydroxylation is 2. The lowest BCUT2D eigenvalue weighted by molar-refractivity contribution is 0.334. The fourth-order valence-corrected chi connectivity index (χ4v) is 4.70. The molecule has 6 nitrogen and oxygen atoms in total. The van der Waals surface area contributed by atoms with E-state index in [0.29, 0.717) is 0 Å². The maximum atomic E-state index is 4.83. The van der Waals surface area contributed by atoms with E-state index < -0.39 is 0 Å². The Labute approximate surface area is 196 Å². The highest BCUT2D eigenvalue weighted by Crippen LogP contribution is 2.20. The van der Waals surface area contributed by atoms with Gasteiger partial charge in [-0.1, -0.05) is 43.7 Å². The minimum Gasteiger partial charge on any atom is -0.303 e. The molecule has 4 heterocycles. The van der Waals surface area contributed by atoms with Crippen molar-refractivity contribution in [1.29, 1.82) is 0 Å². The molecule has 172 valence electrons. The van der Waals surface area contributed by atoms with Crippen molar-refractivity contribution < 1.29 is 0 Å². The lowest BCUT2D eigenvalue weighted by atomic mass is 10.1. The summed E-state index contributed by atoms with van der Waals surface area (Å²) in [6, 6.07) is 15.2. The van der Waals surface area contributed by atoms with E-state index >= 15 is 0 Å². The molecule has 1 fully saturated rings. The number of benzene rings is 1. The smallest absolute Gasteiger partial charge is 0.156 e. The number of hydrogen-bond acceptors (Lipinski definition) is 4. The zero-order chi connectivity index (χ0) is 22.5. The van der Waals surface area contributed by atoms with Crippen LogP contribution in [0.5, 0.6) is 0 Å². The predicted octanol–water partition coefficient (Wildman–Crippen LogP) is 5.01. The van der Waals surface area contributed by atoms with Gasteiger partial charge in [0.15, 0.2) is 11.5 Å². The maximum absolute atomic E-state index is 4.83. The highest BCUT2D eigenvalue weighted by Gasteiger charge is 2.12. The van der Waals surface area contributed by atoms with Gasteiger partial charge in [0.2, 0.25) is 0 Å². The van der Waals surface area contributed by atoms with Gasteiger partial charge < -0.3 is 4.90 Å². The Kier molecular flexibility index (Phi) is 6.81. The van der Waals surface area contributed by atoms with Crippen molar-refractivity contribution in [2.24, 2.45) is 0 Å². The van der Waals surface area contributed by atoms with Crippen molar-refractivity contribution in [2.75, 3.05) is 19.6 Å². The van der Waals surface area contributed by atoms with E-state index in [9.17, 15) is 0 Å². The molecular weight excluding hydrogens is 408 g/mol. The lowest BCUT2D eigenvalue weighted by Gasteiger charge is -2.13. The van der Waals surface area contributed by atoms with Gasteiger partial charge in [-0.25, -0.2) is 9.50 Å². The quantitative estimate of drug-likeness (QED) is 0.346. The third kappa shape index (κ3) is 5.33. The summed E-state index contributed by atoms with van der Waals surface area (Å²) in [7, 11) is 0. The molecule has 0 radical (unpaired) electrons. The van der Waals surface area contributed by atoms with Crippen LogP contribution in [0.1, 0.15) is 56.0 Å². The molecule has 0 atom stereocenters. The standard InChI is InChI=1S/C27H34N6/c1-2-3-18-32-21-24(20-28-32)25-9-6-10-27-29-26(30-33(25)27)19-23-13-11-22(12-14-23)8-7-17-31-15-4-5-16-31/h6,9-14,20-21H,2-5,7-8,15-19H2,1H3. The van der Waals surface area contributed by atoms with Crippen LogP contribution in [0, 0.1) is 0 Å². The summed E-state index contributed by atoms with van der Waals surface area (Å²) in [6.07, 6.45) is 12.2. The molecule has 4 aromatic rings. The summed E-state index contributed by atoms with van der Waals surface area (Å²) in [4.78, 5) is 7.38. The summed E-state index contributed by atoms with van der Waals surface area (Å²) in [5, 5.41) is 9.35. The Bertz CT molecular complexity index is 1170. The topological polar surface area (TPSA) is 51.2 Å². The first-order chi connectivity index (χ1) is 16.3. The van der Waals surface area contributed by atoms with Crippen LogP contribution in [-0.2, 0) is 19.4 Å². The van der Waals surface area contributed by atoms with Crippen LogP contribution in [-0.4, -0.2) is 48.9 Å². The fourth-order valence-electron chi connectivity index (χ4n) is 4.70. The van der Waals surface area contributed by atoms with Crippen molar-refractivity contribution in [2.45, 2.75) is 58.4 Å². The van der Waals surface area contributed by atoms with Crippen molar-refractivity contribution in [3.63, 3.8) is 0 Å². The van der Waals surface area contributed by atoms with E-state index in [2.05, 4.69) is 53.5 Å². The Hall–Kier alpha value is -2.99. The van der Waals surface area contributed by atoms with Crippen molar-refractivity contribution in [3.05, 3.63) is 71.8 Å². The van der Waals surface area contributed by atoms with E-state index in [-0.39, 0.29) is 0 Å². The van der Waals surface area contributed by atoms with Crippen LogP contribution in [0.3, 0.4) is 0 Å². The van der Waals surface area contributed by atoms with Gasteiger partial charge in [-0.3, -0.25) is 4.68 Å². The molecule has 1 aliphatic heterocycles. The zero-order valence-corrected chi connectivity index (χ0v) is 19.7. The Morgan fingerprint density at radius 3 is 2.55 bits per heavy atom. The number of rotatable bonds is 10. The highest BCUT2D eigenvalue weighted by atomic mass is 15.3. The predicted molar refractivity (Wildman–Crippen MR) is 132 cm³/mol. The first kappa shape index (κ1) is 21.8. The number of pyridine rings is 1. The summed E-state index contributed by atoms with van der Waals surface area (Å²) >= 11 is 0. The van der Waals surface area contributed by atoms with Crippen LogP contribution in [0.2, 0.25) is 0 Å². The molecule has 0 N–H and O–H groups in total. The first-order valence-electron chi connectivity index (χ1n) is 12.5. The summed E-state index contributed by atoms with van der Waals surface area (Å²) in [5.74, 6) is 0.850. The molecule has 1 saturated heterocycles. The van der Waals surface area contributed by atoms with Crippen LogP contribution >= 0.6 is 0 Å². The number of nitrogens with zero attached hydrogens (tertiary/aromatic N) is 6. The van der Waals surface area contributed by atoms with Crippen molar-refractivity contribution in [1.82, 2.24) is 29.3 Å². The van der Waals surface area contributed by atoms with E-state index in [1.165, 1.54) is 50.0 Å². The second-order valence-corrected chi connectivity index (χ2v) is 9.20. The number of unbranched alkanes of at least 4 members (excludes halogenated alkanes) is 1. The zero-order valence-electron chi connectivity index (χ0n) is 19.7. The van der Waals surface area contributed by atoms with E-state index in [4.69, 9.17) is 10.1 Å².